The maximum absolute atomic E-state index is 10.7. The van der Waals surface area contributed by atoms with Gasteiger partial charge in [0, 0.05) is 93.1 Å². The van der Waals surface area contributed by atoms with Crippen molar-refractivity contribution in [2.45, 2.75) is 79.6 Å². The Morgan fingerprint density at radius 3 is 1.36 bits per heavy atom. The topological polar surface area (TPSA) is 153 Å². The molecule has 0 saturated heterocycles. The quantitative estimate of drug-likeness (QED) is 0.0878. The summed E-state index contributed by atoms with van der Waals surface area (Å²) in [5.74, 6) is -1.00. The molecule has 13 heteroatoms. The monoisotopic (exact) mass is 1640 g/mol. The molecule has 0 atom stereocenters. The van der Waals surface area contributed by atoms with E-state index in [1.165, 1.54) is 67.1 Å². The number of hydrogen-bond donors (Lipinski definition) is 1. The maximum Gasteiger partial charge on any atom is 0.354 e. The fraction of sp³-hybridized carbons (Fsp3) is 0.130. The van der Waals surface area contributed by atoms with E-state index >= 15 is 0 Å². The van der Waals surface area contributed by atoms with Crippen LogP contribution in [-0.4, -0.2) is 55.9 Å². The molecule has 1 radical (unpaired) electrons. The van der Waals surface area contributed by atoms with Crippen molar-refractivity contribution in [3.05, 3.63) is 345 Å². The molecular formula is C92H81IrN9O2Ru-2. The standard InChI is InChI=1S/C20H14N4.2C19H12N.C16H17NO2.C15H18N2.C3H8.Ir.Ru/c1-3-13-21-15(7-1)17-9-5-11-19(23-17)20-12-6-10-18(24-20)16-8-2-4-14-22-16;1-2-8-14(9-3-1)19-17-12-5-4-10-15(17)16-11-6-7-13-18(16)20-19;1-2-7-14(8-3-1)15-10-6-11-16-17-9-4-5-12-19(17)20-13-18(15)16;1-16(2,3)13-7-4-11(5-8-13)12-6-9-14(15(18)19)17-10-12;1-11-5-7-16-13(9-11)14-10-12(6-8-17-14)15(2,3)4;1-3-2;;/h1-14H;1-8,10-13H;1-7,9-13H;4-10H,1-3H3,(H,18,19);5-10H,1-4H3;3H2,1-2H3;;/q;2*-1;;;;;. The van der Waals surface area contributed by atoms with Gasteiger partial charge in [-0.15, -0.1) is 71.8 Å². The summed E-state index contributed by atoms with van der Waals surface area (Å²) in [5, 5.41) is 16.0. The van der Waals surface area contributed by atoms with Gasteiger partial charge in [0.1, 0.15) is 5.69 Å². The van der Waals surface area contributed by atoms with Gasteiger partial charge >= 0.3 is 5.97 Å². The van der Waals surface area contributed by atoms with E-state index in [9.17, 15) is 4.79 Å². The van der Waals surface area contributed by atoms with Gasteiger partial charge in [-0.3, -0.25) is 29.9 Å². The Morgan fingerprint density at radius 1 is 0.371 bits per heavy atom. The van der Waals surface area contributed by atoms with Crippen LogP contribution in [0.1, 0.15) is 89.0 Å². The largest absolute Gasteiger partial charge is 0.477 e. The maximum atomic E-state index is 10.7. The molecule has 0 unspecified atom stereocenters. The molecule has 0 fully saturated rings. The van der Waals surface area contributed by atoms with Crippen LogP contribution in [0, 0.1) is 19.1 Å². The average Bonchev–Trinajstić information content (AvgIpc) is 0.772. The number of fused-ring (bicyclic) bond motifs is 6. The van der Waals surface area contributed by atoms with Crippen LogP contribution in [0.15, 0.2) is 310 Å². The first-order valence-corrected chi connectivity index (χ1v) is 34.5. The van der Waals surface area contributed by atoms with E-state index in [1.54, 1.807) is 24.7 Å². The molecule has 1 N–H and O–H groups in total. The second-order valence-electron chi connectivity index (χ2n) is 26.5. The van der Waals surface area contributed by atoms with E-state index in [1.807, 2.05) is 158 Å². The van der Waals surface area contributed by atoms with Crippen LogP contribution in [0.3, 0.4) is 0 Å². The van der Waals surface area contributed by atoms with Crippen molar-refractivity contribution in [2.75, 3.05) is 0 Å². The van der Waals surface area contributed by atoms with E-state index in [0.717, 1.165) is 84.5 Å². The Labute approximate surface area is 642 Å². The normalized spacial score (nSPS) is 10.7. The van der Waals surface area contributed by atoms with E-state index in [0.29, 0.717) is 0 Å². The van der Waals surface area contributed by atoms with Crippen molar-refractivity contribution in [1.29, 1.82) is 0 Å². The summed E-state index contributed by atoms with van der Waals surface area (Å²) in [7, 11) is 0. The first-order valence-electron chi connectivity index (χ1n) is 34.5. The minimum Gasteiger partial charge on any atom is -0.477 e. The van der Waals surface area contributed by atoms with Gasteiger partial charge < -0.3 is 5.11 Å². The van der Waals surface area contributed by atoms with Gasteiger partial charge in [-0.1, -0.05) is 201 Å². The number of aryl methyl sites for hydroxylation is 1. The summed E-state index contributed by atoms with van der Waals surface area (Å²) in [5.41, 5.74) is 19.3. The first-order chi connectivity index (χ1) is 50.0. The number of nitrogens with zero attached hydrogens (tertiary/aromatic N) is 9. The van der Waals surface area contributed by atoms with Crippen LogP contribution in [0.4, 0.5) is 0 Å². The zero-order valence-corrected chi connectivity index (χ0v) is 64.4. The number of carboxylic acids is 1. The van der Waals surface area contributed by atoms with Gasteiger partial charge in [-0.05, 0) is 158 Å². The third-order valence-corrected chi connectivity index (χ3v) is 16.7. The van der Waals surface area contributed by atoms with Crippen LogP contribution < -0.4 is 0 Å². The Morgan fingerprint density at radius 2 is 0.829 bits per heavy atom. The van der Waals surface area contributed by atoms with Gasteiger partial charge in [0.15, 0.2) is 0 Å². The van der Waals surface area contributed by atoms with Gasteiger partial charge in [-0.2, -0.15) is 0 Å². The molecule has 11 nitrogen and oxygen atoms in total. The van der Waals surface area contributed by atoms with Gasteiger partial charge in [0.25, 0.3) is 0 Å². The molecule has 16 aromatic rings. The number of pyridine rings is 9. The molecule has 9 heterocycles. The van der Waals surface area contributed by atoms with Crippen molar-refractivity contribution >= 4 is 49.3 Å². The predicted octanol–water partition coefficient (Wildman–Crippen LogP) is 22.9. The number of carboxylic acid groups (broad SMARTS) is 1. The molecular weight excluding hydrogens is 1560 g/mol. The molecule has 0 aliphatic rings. The summed E-state index contributed by atoms with van der Waals surface area (Å²) in [6.07, 6.45) is 12.0. The second kappa shape index (κ2) is 37.2. The zero-order valence-electron chi connectivity index (χ0n) is 60.2. The molecule has 0 saturated carbocycles. The third-order valence-electron chi connectivity index (χ3n) is 16.7. The van der Waals surface area contributed by atoms with E-state index in [2.05, 4.69) is 226 Å². The summed E-state index contributed by atoms with van der Waals surface area (Å²) in [4.78, 5) is 51.0. The predicted molar refractivity (Wildman–Crippen MR) is 423 cm³/mol. The van der Waals surface area contributed by atoms with Crippen LogP contribution >= 0.6 is 0 Å². The Bertz CT molecular complexity index is 5340. The van der Waals surface area contributed by atoms with E-state index in [4.69, 9.17) is 20.1 Å². The van der Waals surface area contributed by atoms with E-state index in [-0.39, 0.29) is 56.1 Å². The molecule has 105 heavy (non-hydrogen) atoms. The SMILES string of the molecule is CC(C)(C)c1ccc(-c2ccc(C(=O)O)nc2)cc1.CCC.Cc1ccnc(-c2cc(C(C)(C)C)ccn2)c1.[Ir].[Ru].[c-]1ccccc1-c1cccc2c1cnc1ccccc12.[c-]1ccccc1-c1nc2ccccc2c2ccccc12.c1ccc(-c2cccc(-c3cccc(-c4ccccn4)n3)n2)nc1. The summed E-state index contributed by atoms with van der Waals surface area (Å²) >= 11 is 0. The minimum atomic E-state index is -1.00. The molecule has 0 bridgehead atoms. The number of benzene rings is 7. The van der Waals surface area contributed by atoms with Crippen molar-refractivity contribution in [2.24, 2.45) is 0 Å². The summed E-state index contributed by atoms with van der Waals surface area (Å²) in [6.45, 7) is 19.4. The Hall–Kier alpha value is -11.3. The fourth-order valence-electron chi connectivity index (χ4n) is 11.4. The van der Waals surface area contributed by atoms with Crippen molar-refractivity contribution in [3.63, 3.8) is 0 Å². The van der Waals surface area contributed by atoms with Crippen LogP contribution in [0.25, 0.3) is 122 Å². The molecule has 7 aromatic carbocycles. The molecule has 0 amide bonds. The fourth-order valence-corrected chi connectivity index (χ4v) is 11.4. The number of rotatable bonds is 8. The summed E-state index contributed by atoms with van der Waals surface area (Å²) < 4.78 is 0. The molecule has 0 spiro atoms. The van der Waals surface area contributed by atoms with Gasteiger partial charge in [0.05, 0.1) is 56.6 Å². The molecule has 0 aliphatic carbocycles. The number of para-hydroxylation sites is 2. The van der Waals surface area contributed by atoms with Gasteiger partial charge in [0.2, 0.25) is 0 Å². The number of aromatic nitrogens is 9. The second-order valence-corrected chi connectivity index (χ2v) is 26.5. The molecule has 0 aliphatic heterocycles. The zero-order chi connectivity index (χ0) is 72.1. The Balaban J connectivity index is 0.000000150. The molecule has 525 valence electrons. The average molecular weight is 1640 g/mol. The van der Waals surface area contributed by atoms with Crippen LogP contribution in [0.2, 0.25) is 0 Å². The molecule has 9 aromatic heterocycles. The van der Waals surface area contributed by atoms with Crippen LogP contribution in [0.5, 0.6) is 0 Å². The molecule has 16 rings (SSSR count). The van der Waals surface area contributed by atoms with Gasteiger partial charge in [-0.25, -0.2) is 19.7 Å². The van der Waals surface area contributed by atoms with Crippen LogP contribution in [-0.2, 0) is 50.4 Å². The van der Waals surface area contributed by atoms with Crippen molar-refractivity contribution < 1.29 is 49.5 Å². The smallest absolute Gasteiger partial charge is 0.354 e. The van der Waals surface area contributed by atoms with Crippen molar-refractivity contribution in [3.8, 4) is 79.1 Å². The number of hydrogen-bond acceptors (Lipinski definition) is 10. The minimum absolute atomic E-state index is 0. The number of carbonyl (C=O) groups is 1. The first kappa shape index (κ1) is 77.8. The van der Waals surface area contributed by atoms with Crippen molar-refractivity contribution in [1.82, 2.24) is 44.9 Å². The number of aromatic carboxylic acids is 1. The van der Waals surface area contributed by atoms with E-state index < -0.39 is 5.97 Å². The third kappa shape index (κ3) is 20.5. The Kier molecular flexibility index (Phi) is 27.6. The summed E-state index contributed by atoms with van der Waals surface area (Å²) in [6, 6.07) is 97.2.